The summed E-state index contributed by atoms with van der Waals surface area (Å²) in [6, 6.07) is 2.01. The van der Waals surface area contributed by atoms with Crippen molar-refractivity contribution in [3.05, 3.63) is 17.7 Å². The molecule has 8 nitrogen and oxygen atoms in total. The number of hydrogen-bond donors (Lipinski definition) is 4. The summed E-state index contributed by atoms with van der Waals surface area (Å²) in [4.78, 5) is 11.6. The van der Waals surface area contributed by atoms with Crippen molar-refractivity contribution in [2.75, 3.05) is 17.7 Å². The maximum absolute atomic E-state index is 11.5. The van der Waals surface area contributed by atoms with Crippen LogP contribution in [0.5, 0.6) is 0 Å². The van der Waals surface area contributed by atoms with E-state index in [1.54, 1.807) is 0 Å². The third-order valence-corrected chi connectivity index (χ3v) is 3.50. The van der Waals surface area contributed by atoms with Gasteiger partial charge in [-0.2, -0.15) is 0 Å². The Kier molecular flexibility index (Phi) is 4.03. The summed E-state index contributed by atoms with van der Waals surface area (Å²) < 4.78 is 23.1. The molecule has 0 saturated heterocycles. The number of carboxylic acids is 1. The van der Waals surface area contributed by atoms with E-state index in [1.165, 1.54) is 18.9 Å². The van der Waals surface area contributed by atoms with Gasteiger partial charge in [-0.05, 0) is 19.1 Å². The predicted molar refractivity (Wildman–Crippen MR) is 69.3 cm³/mol. The molecule has 6 N–H and O–H groups in total. The molecule has 9 heteroatoms. The minimum absolute atomic E-state index is 0.0394. The first-order valence-corrected chi connectivity index (χ1v) is 6.71. The molecule has 0 aliphatic heterocycles. The van der Waals surface area contributed by atoms with Gasteiger partial charge in [0.25, 0.3) is 0 Å². The van der Waals surface area contributed by atoms with Crippen LogP contribution in [0.25, 0.3) is 0 Å². The van der Waals surface area contributed by atoms with Gasteiger partial charge in [-0.15, -0.1) is 0 Å². The van der Waals surface area contributed by atoms with Crippen LogP contribution in [0.4, 0.5) is 11.4 Å². The Morgan fingerprint density at radius 3 is 2.32 bits per heavy atom. The van der Waals surface area contributed by atoms with Crippen LogP contribution in [0.15, 0.2) is 17.0 Å². The Bertz CT molecular complexity index is 612. The van der Waals surface area contributed by atoms with Crippen LogP contribution < -0.4 is 15.8 Å². The second-order valence-electron chi connectivity index (χ2n) is 4.01. The Labute approximate surface area is 110 Å². The first-order valence-electron chi connectivity index (χ1n) is 5.16. The number of nitrogen functional groups attached to an aromatic ring is 1. The number of primary sulfonamides is 1. The molecule has 1 unspecified atom stereocenters. The van der Waals surface area contributed by atoms with E-state index in [0.717, 1.165) is 12.1 Å². The Morgan fingerprint density at radius 2 is 1.95 bits per heavy atom. The smallest absolute Gasteiger partial charge is 0.335 e. The second-order valence-corrected chi connectivity index (χ2v) is 5.53. The molecular formula is C10H15N3O5S. The van der Waals surface area contributed by atoms with Gasteiger partial charge in [0.2, 0.25) is 10.0 Å². The number of carbonyl (C=O) groups is 1. The van der Waals surface area contributed by atoms with E-state index in [9.17, 15) is 18.3 Å². The van der Waals surface area contributed by atoms with E-state index >= 15 is 0 Å². The van der Waals surface area contributed by atoms with E-state index in [2.05, 4.69) is 0 Å². The van der Waals surface area contributed by atoms with Crippen molar-refractivity contribution in [1.29, 1.82) is 0 Å². The summed E-state index contributed by atoms with van der Waals surface area (Å²) in [5.41, 5.74) is 5.21. The molecule has 0 bridgehead atoms. The molecule has 1 atom stereocenters. The fourth-order valence-corrected chi connectivity index (χ4v) is 2.36. The number of anilines is 2. The van der Waals surface area contributed by atoms with Crippen molar-refractivity contribution in [1.82, 2.24) is 0 Å². The molecule has 0 aliphatic rings. The van der Waals surface area contributed by atoms with Gasteiger partial charge < -0.3 is 20.8 Å². The third-order valence-electron chi connectivity index (χ3n) is 2.57. The number of hydrogen-bond acceptors (Lipinski definition) is 6. The average Bonchev–Trinajstić information content (AvgIpc) is 2.25. The highest BCUT2D eigenvalue weighted by Crippen LogP contribution is 2.32. The summed E-state index contributed by atoms with van der Waals surface area (Å²) >= 11 is 0. The van der Waals surface area contributed by atoms with Gasteiger partial charge in [0.15, 0.2) is 0 Å². The molecule has 1 aromatic rings. The maximum Gasteiger partial charge on any atom is 0.335 e. The van der Waals surface area contributed by atoms with Crippen molar-refractivity contribution < 1.29 is 23.4 Å². The van der Waals surface area contributed by atoms with Crippen LogP contribution in [-0.4, -0.2) is 37.9 Å². The zero-order chi connectivity index (χ0) is 15.0. The van der Waals surface area contributed by atoms with E-state index in [0.29, 0.717) is 0 Å². The minimum atomic E-state index is -4.19. The van der Waals surface area contributed by atoms with Crippen LogP contribution in [0.1, 0.15) is 17.3 Å². The Morgan fingerprint density at radius 1 is 1.42 bits per heavy atom. The van der Waals surface area contributed by atoms with E-state index in [-0.39, 0.29) is 16.9 Å². The van der Waals surface area contributed by atoms with Crippen LogP contribution in [0, 0.1) is 0 Å². The van der Waals surface area contributed by atoms with Crippen LogP contribution in [0.2, 0.25) is 0 Å². The fraction of sp³-hybridized carbons (Fsp3) is 0.300. The van der Waals surface area contributed by atoms with Crippen molar-refractivity contribution in [3.8, 4) is 0 Å². The number of benzene rings is 1. The van der Waals surface area contributed by atoms with E-state index in [4.69, 9.17) is 16.0 Å². The number of aliphatic hydroxyl groups excluding tert-OH is 1. The highest BCUT2D eigenvalue weighted by Gasteiger charge is 2.24. The fourth-order valence-electron chi connectivity index (χ4n) is 1.53. The quantitative estimate of drug-likeness (QED) is 0.427. The van der Waals surface area contributed by atoms with Crippen molar-refractivity contribution >= 4 is 27.4 Å². The second kappa shape index (κ2) is 5.03. The lowest BCUT2D eigenvalue weighted by Gasteiger charge is -2.26. The highest BCUT2D eigenvalue weighted by atomic mass is 32.2. The van der Waals surface area contributed by atoms with Crippen LogP contribution in [-0.2, 0) is 10.0 Å². The maximum atomic E-state index is 11.5. The molecule has 19 heavy (non-hydrogen) atoms. The molecule has 0 aromatic heterocycles. The van der Waals surface area contributed by atoms with Crippen LogP contribution >= 0.6 is 0 Å². The number of aliphatic hydroxyl groups is 1. The van der Waals surface area contributed by atoms with Crippen molar-refractivity contribution in [3.63, 3.8) is 0 Å². The van der Waals surface area contributed by atoms with Crippen LogP contribution in [0.3, 0.4) is 0 Å². The topological polar surface area (TPSA) is 147 Å². The zero-order valence-corrected chi connectivity index (χ0v) is 11.2. The molecule has 0 heterocycles. The molecule has 0 aliphatic carbocycles. The molecule has 0 amide bonds. The summed E-state index contributed by atoms with van der Waals surface area (Å²) in [5, 5.41) is 23.4. The monoisotopic (exact) mass is 289 g/mol. The summed E-state index contributed by atoms with van der Waals surface area (Å²) in [6.07, 6.45) is -1.03. The van der Waals surface area contributed by atoms with Gasteiger partial charge in [0, 0.05) is 7.05 Å². The number of aromatic carboxylic acids is 1. The summed E-state index contributed by atoms with van der Waals surface area (Å²) in [7, 11) is -2.78. The first kappa shape index (κ1) is 15.2. The number of rotatable bonds is 4. The predicted octanol–water partition coefficient (Wildman–Crippen LogP) is -0.611. The lowest BCUT2D eigenvalue weighted by molar-refractivity contribution is 0.0696. The van der Waals surface area contributed by atoms with Gasteiger partial charge >= 0.3 is 5.97 Å². The summed E-state index contributed by atoms with van der Waals surface area (Å²) in [5.74, 6) is -1.33. The van der Waals surface area contributed by atoms with Crippen molar-refractivity contribution in [2.24, 2.45) is 5.14 Å². The molecule has 0 radical (unpaired) electrons. The molecule has 106 valence electrons. The molecular weight excluding hydrogens is 274 g/mol. The largest absolute Gasteiger partial charge is 0.478 e. The summed E-state index contributed by atoms with van der Waals surface area (Å²) in [6.45, 7) is 1.40. The number of sulfonamides is 1. The number of nitrogens with zero attached hydrogens (tertiary/aromatic N) is 1. The SMILES string of the molecule is CC(O)N(C)c1c(N)cc(C(=O)O)cc1S(N)(=O)=O. The van der Waals surface area contributed by atoms with Gasteiger partial charge in [-0.1, -0.05) is 0 Å². The highest BCUT2D eigenvalue weighted by molar-refractivity contribution is 7.89. The molecule has 0 fully saturated rings. The molecule has 1 rings (SSSR count). The Balaban J connectivity index is 3.67. The van der Waals surface area contributed by atoms with Gasteiger partial charge in [0.1, 0.15) is 11.1 Å². The van der Waals surface area contributed by atoms with Gasteiger partial charge in [0.05, 0.1) is 16.9 Å². The average molecular weight is 289 g/mol. The van der Waals surface area contributed by atoms with Gasteiger partial charge in [-0.3, -0.25) is 0 Å². The molecule has 0 saturated carbocycles. The van der Waals surface area contributed by atoms with Gasteiger partial charge in [-0.25, -0.2) is 18.4 Å². The van der Waals surface area contributed by atoms with E-state index in [1.807, 2.05) is 0 Å². The normalized spacial score (nSPS) is 13.1. The number of nitrogens with two attached hydrogens (primary N) is 2. The minimum Gasteiger partial charge on any atom is -0.478 e. The zero-order valence-electron chi connectivity index (χ0n) is 10.4. The standard InChI is InChI=1S/C10H15N3O5S/c1-5(14)13(2)9-7(11)3-6(10(15)16)4-8(9)19(12,17)18/h3-5,14H,11H2,1-2H3,(H,15,16)(H2,12,17,18). The van der Waals surface area contributed by atoms with E-state index < -0.39 is 27.1 Å². The first-order chi connectivity index (χ1) is 8.55. The number of carboxylic acid groups (broad SMARTS) is 1. The Hall–Kier alpha value is -1.84. The van der Waals surface area contributed by atoms with Crippen molar-refractivity contribution in [2.45, 2.75) is 18.0 Å². The third kappa shape index (κ3) is 3.13. The lowest BCUT2D eigenvalue weighted by atomic mass is 10.1. The molecule has 1 aromatic carbocycles. The molecule has 0 spiro atoms. The lowest BCUT2D eigenvalue weighted by Crippen LogP contribution is -2.31.